The van der Waals surface area contributed by atoms with Crippen molar-refractivity contribution in [2.45, 2.75) is 25.4 Å². The van der Waals surface area contributed by atoms with Crippen molar-refractivity contribution in [2.24, 2.45) is 0 Å². The Labute approximate surface area is 131 Å². The van der Waals surface area contributed by atoms with Crippen LogP contribution in [-0.2, 0) is 16.0 Å². The minimum absolute atomic E-state index is 0.0139. The molecule has 2 aromatic rings. The van der Waals surface area contributed by atoms with Crippen molar-refractivity contribution in [1.82, 2.24) is 0 Å². The van der Waals surface area contributed by atoms with Crippen LogP contribution in [0.1, 0.15) is 30.1 Å². The molecule has 0 aliphatic heterocycles. The van der Waals surface area contributed by atoms with Crippen LogP contribution >= 0.6 is 0 Å². The second-order valence-electron chi connectivity index (χ2n) is 5.13. The summed E-state index contributed by atoms with van der Waals surface area (Å²) in [7, 11) is 1.66. The minimum atomic E-state index is -0.0139. The molecule has 3 nitrogen and oxygen atoms in total. The molecule has 0 radical (unpaired) electrons. The number of rotatable bonds is 9. The van der Waals surface area contributed by atoms with E-state index in [0.717, 1.165) is 30.4 Å². The summed E-state index contributed by atoms with van der Waals surface area (Å²) >= 11 is 0. The third-order valence-electron chi connectivity index (χ3n) is 3.54. The van der Waals surface area contributed by atoms with Crippen LogP contribution in [0.5, 0.6) is 5.75 Å². The lowest BCUT2D eigenvalue weighted by atomic mass is 10.0. The van der Waals surface area contributed by atoms with Crippen molar-refractivity contribution in [3.05, 3.63) is 65.7 Å². The van der Waals surface area contributed by atoms with E-state index in [1.807, 2.05) is 42.5 Å². The molecule has 0 saturated carbocycles. The van der Waals surface area contributed by atoms with Crippen molar-refractivity contribution < 1.29 is 14.3 Å². The summed E-state index contributed by atoms with van der Waals surface area (Å²) in [5, 5.41) is 0. The molecule has 2 rings (SSSR count). The monoisotopic (exact) mass is 298 g/mol. The lowest BCUT2D eigenvalue weighted by Gasteiger charge is -2.19. The second kappa shape index (κ2) is 9.00. The summed E-state index contributed by atoms with van der Waals surface area (Å²) in [6.45, 7) is 0.586. The molecule has 0 saturated heterocycles. The molecule has 0 bridgehead atoms. The molecular formula is C19H22O3. The highest BCUT2D eigenvalue weighted by Crippen LogP contribution is 2.24. The van der Waals surface area contributed by atoms with E-state index in [4.69, 9.17) is 9.47 Å². The van der Waals surface area contributed by atoms with Gasteiger partial charge in [0, 0.05) is 19.4 Å². The van der Waals surface area contributed by atoms with Gasteiger partial charge < -0.3 is 14.3 Å². The number of unbranched alkanes of at least 4 members (excludes halogenated alkanes) is 1. The van der Waals surface area contributed by atoms with Crippen LogP contribution < -0.4 is 4.74 Å². The summed E-state index contributed by atoms with van der Waals surface area (Å²) in [4.78, 5) is 10.4. The molecule has 0 fully saturated rings. The predicted molar refractivity (Wildman–Crippen MR) is 87.1 cm³/mol. The van der Waals surface area contributed by atoms with Gasteiger partial charge in [-0.15, -0.1) is 0 Å². The quantitative estimate of drug-likeness (QED) is 0.519. The molecule has 0 N–H and O–H groups in total. The van der Waals surface area contributed by atoms with Crippen molar-refractivity contribution in [1.29, 1.82) is 0 Å². The van der Waals surface area contributed by atoms with Gasteiger partial charge in [0.05, 0.1) is 13.2 Å². The molecule has 1 unspecified atom stereocenters. The fourth-order valence-corrected chi connectivity index (χ4v) is 2.31. The second-order valence-corrected chi connectivity index (χ2v) is 5.13. The topological polar surface area (TPSA) is 35.5 Å². The Bertz CT molecular complexity index is 549. The summed E-state index contributed by atoms with van der Waals surface area (Å²) in [5.41, 5.74) is 2.36. The molecule has 0 spiro atoms. The lowest BCUT2D eigenvalue weighted by molar-refractivity contribution is -0.108. The average molecular weight is 298 g/mol. The molecule has 0 aliphatic carbocycles. The maximum Gasteiger partial charge on any atom is 0.120 e. The zero-order valence-electron chi connectivity index (χ0n) is 12.9. The summed E-state index contributed by atoms with van der Waals surface area (Å²) < 4.78 is 11.2. The highest BCUT2D eigenvalue weighted by Gasteiger charge is 2.13. The van der Waals surface area contributed by atoms with Crippen molar-refractivity contribution in [3.63, 3.8) is 0 Å². The normalized spacial score (nSPS) is 11.9. The first-order valence-electron chi connectivity index (χ1n) is 7.56. The smallest absolute Gasteiger partial charge is 0.120 e. The molecular weight excluding hydrogens is 276 g/mol. The third kappa shape index (κ3) is 5.01. The number of ether oxygens (including phenoxy) is 2. The molecule has 0 heterocycles. The average Bonchev–Trinajstić information content (AvgIpc) is 2.59. The van der Waals surface area contributed by atoms with Gasteiger partial charge in [-0.05, 0) is 29.7 Å². The number of methoxy groups -OCH3 is 1. The minimum Gasteiger partial charge on any atom is -0.497 e. The van der Waals surface area contributed by atoms with Gasteiger partial charge in [0.1, 0.15) is 12.0 Å². The molecule has 1 atom stereocenters. The molecule has 0 aliphatic rings. The van der Waals surface area contributed by atoms with E-state index in [9.17, 15) is 4.79 Å². The lowest BCUT2D eigenvalue weighted by Crippen LogP contribution is -2.09. The van der Waals surface area contributed by atoms with Crippen molar-refractivity contribution >= 4 is 6.29 Å². The first-order valence-corrected chi connectivity index (χ1v) is 7.56. The van der Waals surface area contributed by atoms with Gasteiger partial charge in [0.15, 0.2) is 0 Å². The van der Waals surface area contributed by atoms with Crippen LogP contribution in [0.2, 0.25) is 0 Å². The third-order valence-corrected chi connectivity index (χ3v) is 3.54. The predicted octanol–water partition coefficient (Wildman–Crippen LogP) is 3.97. The summed E-state index contributed by atoms with van der Waals surface area (Å²) in [5.74, 6) is 0.836. The van der Waals surface area contributed by atoms with Crippen LogP contribution in [0.25, 0.3) is 0 Å². The maximum absolute atomic E-state index is 10.4. The Balaban J connectivity index is 2.07. The zero-order chi connectivity index (χ0) is 15.6. The number of hydrogen-bond acceptors (Lipinski definition) is 3. The standard InChI is InChI=1S/C19H22O3/c1-21-18-11-9-17(10-12-18)19(22-14-6-5-13-20)15-16-7-3-2-4-8-16/h2-4,7-13,19H,5-6,14-15H2,1H3. The number of carbonyl (C=O) groups is 1. The van der Waals surface area contributed by atoms with E-state index in [2.05, 4.69) is 12.1 Å². The number of aldehydes is 1. The van der Waals surface area contributed by atoms with Gasteiger partial charge in [-0.25, -0.2) is 0 Å². The molecule has 2 aromatic carbocycles. The Kier molecular flexibility index (Phi) is 6.65. The van der Waals surface area contributed by atoms with Crippen LogP contribution in [0.4, 0.5) is 0 Å². The molecule has 3 heteroatoms. The Hall–Kier alpha value is -2.13. The molecule has 0 amide bonds. The zero-order valence-corrected chi connectivity index (χ0v) is 12.9. The number of carbonyl (C=O) groups excluding carboxylic acids is 1. The molecule has 116 valence electrons. The van der Waals surface area contributed by atoms with Gasteiger partial charge in [-0.2, -0.15) is 0 Å². The van der Waals surface area contributed by atoms with E-state index >= 15 is 0 Å². The van der Waals surface area contributed by atoms with Crippen LogP contribution in [0.15, 0.2) is 54.6 Å². The SMILES string of the molecule is COc1ccc(C(Cc2ccccc2)OCCCC=O)cc1. The van der Waals surface area contributed by atoms with Crippen LogP contribution in [0, 0.1) is 0 Å². The molecule has 22 heavy (non-hydrogen) atoms. The first kappa shape index (κ1) is 16.2. The number of benzene rings is 2. The van der Waals surface area contributed by atoms with Crippen LogP contribution in [0.3, 0.4) is 0 Å². The first-order chi connectivity index (χ1) is 10.8. The fourth-order valence-electron chi connectivity index (χ4n) is 2.31. The van der Waals surface area contributed by atoms with Crippen LogP contribution in [-0.4, -0.2) is 20.0 Å². The Morgan fingerprint density at radius 2 is 1.77 bits per heavy atom. The van der Waals surface area contributed by atoms with Gasteiger partial charge in [-0.3, -0.25) is 0 Å². The van der Waals surface area contributed by atoms with Gasteiger partial charge in [-0.1, -0.05) is 42.5 Å². The Morgan fingerprint density at radius 1 is 1.05 bits per heavy atom. The summed E-state index contributed by atoms with van der Waals surface area (Å²) in [6.07, 6.45) is 3.03. The van der Waals surface area contributed by atoms with E-state index in [1.54, 1.807) is 7.11 Å². The number of hydrogen-bond donors (Lipinski definition) is 0. The van der Waals surface area contributed by atoms with E-state index in [-0.39, 0.29) is 6.10 Å². The van der Waals surface area contributed by atoms with Crippen molar-refractivity contribution in [2.75, 3.05) is 13.7 Å². The van der Waals surface area contributed by atoms with Gasteiger partial charge in [0.2, 0.25) is 0 Å². The Morgan fingerprint density at radius 3 is 2.41 bits per heavy atom. The van der Waals surface area contributed by atoms with Crippen molar-refractivity contribution in [3.8, 4) is 5.75 Å². The van der Waals surface area contributed by atoms with E-state index < -0.39 is 0 Å². The van der Waals surface area contributed by atoms with Gasteiger partial charge >= 0.3 is 0 Å². The van der Waals surface area contributed by atoms with Gasteiger partial charge in [0.25, 0.3) is 0 Å². The largest absolute Gasteiger partial charge is 0.497 e. The highest BCUT2D eigenvalue weighted by molar-refractivity contribution is 5.48. The molecule has 0 aromatic heterocycles. The fraction of sp³-hybridized carbons (Fsp3) is 0.316. The van der Waals surface area contributed by atoms with E-state index in [1.165, 1.54) is 5.56 Å². The van der Waals surface area contributed by atoms with E-state index in [0.29, 0.717) is 13.0 Å². The summed E-state index contributed by atoms with van der Waals surface area (Å²) in [6, 6.07) is 18.2. The highest BCUT2D eigenvalue weighted by atomic mass is 16.5. The maximum atomic E-state index is 10.4.